The summed E-state index contributed by atoms with van der Waals surface area (Å²) in [5, 5.41) is 3.04. The summed E-state index contributed by atoms with van der Waals surface area (Å²) in [6, 6.07) is 0.207. The van der Waals surface area contributed by atoms with Crippen LogP contribution < -0.4 is 5.32 Å². The van der Waals surface area contributed by atoms with Crippen molar-refractivity contribution in [2.75, 3.05) is 16.8 Å². The lowest BCUT2D eigenvalue weighted by atomic mass is 10.3. The Kier molecular flexibility index (Phi) is 4.81. The van der Waals surface area contributed by atoms with E-state index >= 15 is 0 Å². The Hall–Kier alpha value is -0.840. The van der Waals surface area contributed by atoms with E-state index in [0.29, 0.717) is 11.5 Å². The van der Waals surface area contributed by atoms with Crippen LogP contribution in [0.4, 0.5) is 10.2 Å². The number of rotatable bonds is 5. The molecule has 0 aliphatic heterocycles. The van der Waals surface area contributed by atoms with Crippen molar-refractivity contribution in [3.05, 3.63) is 17.8 Å². The molecule has 1 heterocycles. The first kappa shape index (κ1) is 12.2. The number of halogens is 1. The van der Waals surface area contributed by atoms with Crippen LogP contribution >= 0.6 is 11.8 Å². The third-order valence-corrected chi connectivity index (χ3v) is 3.06. The van der Waals surface area contributed by atoms with Crippen molar-refractivity contribution >= 4 is 17.6 Å². The molecule has 0 amide bonds. The minimum absolute atomic E-state index is 0.207. The van der Waals surface area contributed by atoms with Gasteiger partial charge in [-0.3, -0.25) is 0 Å². The van der Waals surface area contributed by atoms with E-state index in [4.69, 9.17) is 0 Å². The maximum absolute atomic E-state index is 13.5. The van der Waals surface area contributed by atoms with Gasteiger partial charge in [-0.2, -0.15) is 11.8 Å². The molecular weight excluding hydrogens is 213 g/mol. The second-order valence-corrected chi connectivity index (χ2v) is 4.65. The lowest BCUT2D eigenvalue weighted by Gasteiger charge is -2.14. The van der Waals surface area contributed by atoms with Crippen LogP contribution in [0.3, 0.4) is 0 Å². The van der Waals surface area contributed by atoms with E-state index in [-0.39, 0.29) is 11.9 Å². The predicted molar refractivity (Wildman–Crippen MR) is 62.8 cm³/mol. The molecular formula is C10H16FN3S. The van der Waals surface area contributed by atoms with Crippen molar-refractivity contribution in [1.82, 2.24) is 9.97 Å². The van der Waals surface area contributed by atoms with Gasteiger partial charge >= 0.3 is 0 Å². The summed E-state index contributed by atoms with van der Waals surface area (Å²) in [6.07, 6.45) is 1.38. The summed E-state index contributed by atoms with van der Waals surface area (Å²) in [6.45, 7) is 5.75. The quantitative estimate of drug-likeness (QED) is 0.841. The SMILES string of the molecule is CCSCC(C)Nc1ncnc(C)c1F. The Morgan fingerprint density at radius 2 is 2.27 bits per heavy atom. The van der Waals surface area contributed by atoms with Crippen LogP contribution in [0.15, 0.2) is 6.33 Å². The minimum Gasteiger partial charge on any atom is -0.364 e. The molecule has 0 aliphatic carbocycles. The number of anilines is 1. The van der Waals surface area contributed by atoms with Crippen LogP contribution in [0.2, 0.25) is 0 Å². The monoisotopic (exact) mass is 229 g/mol. The van der Waals surface area contributed by atoms with Gasteiger partial charge in [0.1, 0.15) is 6.33 Å². The van der Waals surface area contributed by atoms with Crippen molar-refractivity contribution in [3.8, 4) is 0 Å². The summed E-state index contributed by atoms with van der Waals surface area (Å²) in [5.41, 5.74) is 0.378. The first-order valence-electron chi connectivity index (χ1n) is 4.96. The molecule has 0 saturated carbocycles. The fourth-order valence-corrected chi connectivity index (χ4v) is 1.80. The molecule has 84 valence electrons. The van der Waals surface area contributed by atoms with E-state index in [2.05, 4.69) is 22.2 Å². The van der Waals surface area contributed by atoms with Gasteiger partial charge in [0.25, 0.3) is 0 Å². The van der Waals surface area contributed by atoms with Gasteiger partial charge in [-0.05, 0) is 19.6 Å². The number of thioether (sulfide) groups is 1. The molecule has 3 nitrogen and oxygen atoms in total. The highest BCUT2D eigenvalue weighted by atomic mass is 32.2. The molecule has 1 unspecified atom stereocenters. The van der Waals surface area contributed by atoms with Crippen molar-refractivity contribution in [3.63, 3.8) is 0 Å². The zero-order valence-corrected chi connectivity index (χ0v) is 10.1. The molecule has 0 radical (unpaired) electrons. The van der Waals surface area contributed by atoms with Crippen LogP contribution in [0.25, 0.3) is 0 Å². The van der Waals surface area contributed by atoms with E-state index in [1.165, 1.54) is 6.33 Å². The number of hydrogen-bond donors (Lipinski definition) is 1. The zero-order chi connectivity index (χ0) is 11.3. The Balaban J connectivity index is 2.60. The summed E-state index contributed by atoms with van der Waals surface area (Å²) in [7, 11) is 0. The number of nitrogens with one attached hydrogen (secondary N) is 1. The number of nitrogens with zero attached hydrogens (tertiary/aromatic N) is 2. The molecule has 1 atom stereocenters. The molecule has 1 aromatic rings. The van der Waals surface area contributed by atoms with Crippen molar-refractivity contribution in [2.24, 2.45) is 0 Å². The van der Waals surface area contributed by atoms with Crippen LogP contribution in [0.1, 0.15) is 19.5 Å². The van der Waals surface area contributed by atoms with Crippen LogP contribution in [-0.4, -0.2) is 27.5 Å². The van der Waals surface area contributed by atoms with E-state index in [9.17, 15) is 4.39 Å². The normalized spacial score (nSPS) is 12.5. The molecule has 1 aromatic heterocycles. The first-order valence-corrected chi connectivity index (χ1v) is 6.12. The summed E-state index contributed by atoms with van der Waals surface area (Å²) < 4.78 is 13.5. The number of aryl methyl sites for hydroxylation is 1. The van der Waals surface area contributed by atoms with Crippen molar-refractivity contribution < 1.29 is 4.39 Å². The molecule has 15 heavy (non-hydrogen) atoms. The molecule has 0 aliphatic rings. The lowest BCUT2D eigenvalue weighted by molar-refractivity contribution is 0.602. The average Bonchev–Trinajstić information content (AvgIpc) is 2.22. The van der Waals surface area contributed by atoms with Gasteiger partial charge in [-0.15, -0.1) is 0 Å². The summed E-state index contributed by atoms with van der Waals surface area (Å²) >= 11 is 1.82. The highest BCUT2D eigenvalue weighted by molar-refractivity contribution is 7.99. The maximum atomic E-state index is 13.5. The van der Waals surface area contributed by atoms with Crippen LogP contribution in [0.5, 0.6) is 0 Å². The average molecular weight is 229 g/mol. The van der Waals surface area contributed by atoms with E-state index in [1.54, 1.807) is 6.92 Å². The molecule has 0 saturated heterocycles. The Bertz CT molecular complexity index is 320. The molecule has 5 heteroatoms. The summed E-state index contributed by atoms with van der Waals surface area (Å²) in [5.74, 6) is 1.95. The van der Waals surface area contributed by atoms with Gasteiger partial charge in [-0.1, -0.05) is 6.92 Å². The second kappa shape index (κ2) is 5.90. The third-order valence-electron chi connectivity index (χ3n) is 1.92. The lowest BCUT2D eigenvalue weighted by Crippen LogP contribution is -2.20. The van der Waals surface area contributed by atoms with Gasteiger partial charge < -0.3 is 5.32 Å². The molecule has 0 bridgehead atoms. The Morgan fingerprint density at radius 1 is 1.53 bits per heavy atom. The summed E-state index contributed by atoms with van der Waals surface area (Å²) in [4.78, 5) is 7.66. The molecule has 0 aromatic carbocycles. The third kappa shape index (κ3) is 3.66. The van der Waals surface area contributed by atoms with Gasteiger partial charge in [0.15, 0.2) is 11.6 Å². The topological polar surface area (TPSA) is 37.8 Å². The smallest absolute Gasteiger partial charge is 0.186 e. The van der Waals surface area contributed by atoms with E-state index in [0.717, 1.165) is 11.5 Å². The fourth-order valence-electron chi connectivity index (χ4n) is 1.13. The Labute approximate surface area is 93.9 Å². The van der Waals surface area contributed by atoms with Crippen molar-refractivity contribution in [2.45, 2.75) is 26.8 Å². The first-order chi connectivity index (χ1) is 7.15. The zero-order valence-electron chi connectivity index (χ0n) is 9.25. The molecule has 1 N–H and O–H groups in total. The van der Waals surface area contributed by atoms with Crippen molar-refractivity contribution in [1.29, 1.82) is 0 Å². The second-order valence-electron chi connectivity index (χ2n) is 3.33. The maximum Gasteiger partial charge on any atom is 0.186 e. The van der Waals surface area contributed by atoms with Gasteiger partial charge in [0, 0.05) is 11.8 Å². The highest BCUT2D eigenvalue weighted by Crippen LogP contribution is 2.14. The fraction of sp³-hybridized carbons (Fsp3) is 0.600. The van der Waals surface area contributed by atoms with E-state index in [1.807, 2.05) is 18.7 Å². The van der Waals surface area contributed by atoms with Crippen LogP contribution in [-0.2, 0) is 0 Å². The Morgan fingerprint density at radius 3 is 2.93 bits per heavy atom. The number of aromatic nitrogens is 2. The van der Waals surface area contributed by atoms with Gasteiger partial charge in [0.05, 0.1) is 5.69 Å². The highest BCUT2D eigenvalue weighted by Gasteiger charge is 2.09. The van der Waals surface area contributed by atoms with Crippen LogP contribution in [0, 0.1) is 12.7 Å². The molecule has 1 rings (SSSR count). The van der Waals surface area contributed by atoms with Gasteiger partial charge in [0.2, 0.25) is 0 Å². The minimum atomic E-state index is -0.356. The molecule has 0 fully saturated rings. The largest absolute Gasteiger partial charge is 0.364 e. The number of hydrogen-bond acceptors (Lipinski definition) is 4. The standard InChI is InChI=1S/C10H16FN3S/c1-4-15-5-7(2)14-10-9(11)8(3)12-6-13-10/h6-7H,4-5H2,1-3H3,(H,12,13,14). The molecule has 0 spiro atoms. The van der Waals surface area contributed by atoms with Gasteiger partial charge in [-0.25, -0.2) is 14.4 Å². The predicted octanol–water partition coefficient (Wildman–Crippen LogP) is 2.48. The van der Waals surface area contributed by atoms with E-state index < -0.39 is 0 Å².